The minimum absolute atomic E-state index is 0.119. The minimum Gasteiger partial charge on any atom is -0.346 e. The van der Waals surface area contributed by atoms with Crippen molar-refractivity contribution in [2.75, 3.05) is 26.2 Å². The second-order valence-electron chi connectivity index (χ2n) is 11.5. The zero-order valence-electron chi connectivity index (χ0n) is 23.0. The number of nitrogens with one attached hydrogen (secondary N) is 1. The van der Waals surface area contributed by atoms with Gasteiger partial charge in [0.05, 0.1) is 18.1 Å². The average Bonchev–Trinajstić information content (AvgIpc) is 3.72. The lowest BCUT2D eigenvalue weighted by atomic mass is 9.83. The fourth-order valence-corrected chi connectivity index (χ4v) is 6.93. The Balaban J connectivity index is 1.08. The maximum atomic E-state index is 14.5. The summed E-state index contributed by atoms with van der Waals surface area (Å²) in [6, 6.07) is 5.42. The molecule has 0 aromatic carbocycles. The van der Waals surface area contributed by atoms with E-state index in [4.69, 9.17) is 5.10 Å². The van der Waals surface area contributed by atoms with Gasteiger partial charge in [-0.25, -0.2) is 19.3 Å². The first-order valence-corrected chi connectivity index (χ1v) is 14.2. The molecule has 4 aromatic heterocycles. The van der Waals surface area contributed by atoms with Gasteiger partial charge in [-0.1, -0.05) is 0 Å². The van der Waals surface area contributed by atoms with Crippen LogP contribution in [-0.2, 0) is 24.6 Å². The van der Waals surface area contributed by atoms with Crippen LogP contribution in [0.15, 0.2) is 30.9 Å². The van der Waals surface area contributed by atoms with Gasteiger partial charge >= 0.3 is 6.18 Å². The molecule has 0 bridgehead atoms. The largest absolute Gasteiger partial charge is 0.436 e. The van der Waals surface area contributed by atoms with Gasteiger partial charge in [0.2, 0.25) is 0 Å². The molecule has 10 nitrogen and oxygen atoms in total. The van der Waals surface area contributed by atoms with Crippen molar-refractivity contribution >= 4 is 16.9 Å². The smallest absolute Gasteiger partial charge is 0.346 e. The molecule has 1 amide bonds. The zero-order chi connectivity index (χ0) is 29.9. The van der Waals surface area contributed by atoms with E-state index in [1.165, 1.54) is 16.8 Å². The van der Waals surface area contributed by atoms with Crippen molar-refractivity contribution in [3.63, 3.8) is 0 Å². The molecule has 2 fully saturated rings. The van der Waals surface area contributed by atoms with Gasteiger partial charge in [0.15, 0.2) is 11.5 Å². The maximum absolute atomic E-state index is 14.5. The van der Waals surface area contributed by atoms with E-state index in [1.807, 2.05) is 12.3 Å². The lowest BCUT2D eigenvalue weighted by molar-refractivity contribution is -0.143. The summed E-state index contributed by atoms with van der Waals surface area (Å²) in [7, 11) is 0. The highest BCUT2D eigenvalue weighted by molar-refractivity contribution is 5.94. The zero-order valence-corrected chi connectivity index (χ0v) is 23.0. The summed E-state index contributed by atoms with van der Waals surface area (Å²) in [6.07, 6.45) is 3.41. The van der Waals surface area contributed by atoms with Crippen LogP contribution in [0.1, 0.15) is 53.0 Å². The molecule has 222 valence electrons. The molecule has 2 aliphatic heterocycles. The number of nitrogens with zero attached hydrogens (tertiary/aromatic N) is 8. The molecule has 7 rings (SSSR count). The number of alkyl halides is 3. The van der Waals surface area contributed by atoms with Crippen LogP contribution in [0.4, 0.5) is 17.6 Å². The number of nitriles is 1. The molecule has 3 aliphatic rings. The second-order valence-corrected chi connectivity index (χ2v) is 11.5. The van der Waals surface area contributed by atoms with Gasteiger partial charge < -0.3 is 9.88 Å². The molecule has 6 heterocycles. The Labute approximate surface area is 243 Å². The molecule has 1 aliphatic carbocycles. The van der Waals surface area contributed by atoms with Crippen LogP contribution in [0.25, 0.3) is 22.4 Å². The number of carbonyl (C=O) groups excluding carboxylic acids is 1. The lowest BCUT2D eigenvalue weighted by Crippen LogP contribution is -2.66. The number of piperidine rings is 1. The maximum Gasteiger partial charge on any atom is 0.436 e. The van der Waals surface area contributed by atoms with Gasteiger partial charge in [-0.05, 0) is 44.2 Å². The number of hydrogen-bond acceptors (Lipinski definition) is 7. The Hall–Kier alpha value is -4.38. The highest BCUT2D eigenvalue weighted by atomic mass is 19.4. The van der Waals surface area contributed by atoms with Crippen molar-refractivity contribution in [3.05, 3.63) is 59.2 Å². The van der Waals surface area contributed by atoms with Gasteiger partial charge in [-0.2, -0.15) is 23.5 Å². The number of rotatable bonds is 5. The predicted octanol–water partition coefficient (Wildman–Crippen LogP) is 4.09. The summed E-state index contributed by atoms with van der Waals surface area (Å²) < 4.78 is 55.9. The number of aromatic nitrogens is 6. The number of hydrogen-bond donors (Lipinski definition) is 1. The summed E-state index contributed by atoms with van der Waals surface area (Å²) in [5, 5.41) is 15.8. The van der Waals surface area contributed by atoms with Crippen molar-refractivity contribution in [3.8, 4) is 17.5 Å². The molecule has 43 heavy (non-hydrogen) atoms. The molecule has 2 saturated heterocycles. The fraction of sp³-hybridized carbons (Fsp3) is 0.448. The number of halogens is 4. The molecule has 1 N–H and O–H groups in total. The second kappa shape index (κ2) is 10.1. The third-order valence-electron chi connectivity index (χ3n) is 9.02. The third kappa shape index (κ3) is 4.45. The number of carbonyl (C=O) groups is 1. The molecule has 0 unspecified atom stereocenters. The van der Waals surface area contributed by atoms with Crippen LogP contribution >= 0.6 is 0 Å². The Morgan fingerprint density at radius 1 is 1.12 bits per heavy atom. The summed E-state index contributed by atoms with van der Waals surface area (Å²) >= 11 is 0. The summed E-state index contributed by atoms with van der Waals surface area (Å²) in [5.74, 6) is -2.41. The number of likely N-dealkylation sites (tertiary alicyclic amines) is 2. The van der Waals surface area contributed by atoms with Crippen molar-refractivity contribution in [1.82, 2.24) is 39.5 Å². The highest BCUT2D eigenvalue weighted by Gasteiger charge is 2.50. The number of aromatic amines is 1. The van der Waals surface area contributed by atoms with Crippen molar-refractivity contribution in [1.29, 1.82) is 5.26 Å². The summed E-state index contributed by atoms with van der Waals surface area (Å²) in [4.78, 5) is 31.7. The van der Waals surface area contributed by atoms with E-state index in [2.05, 4.69) is 35.6 Å². The fourth-order valence-electron chi connectivity index (χ4n) is 6.93. The van der Waals surface area contributed by atoms with Crippen LogP contribution in [-0.4, -0.2) is 77.6 Å². The lowest BCUT2D eigenvalue weighted by Gasteiger charge is -2.54. The Kier molecular flexibility index (Phi) is 6.46. The van der Waals surface area contributed by atoms with E-state index in [0.717, 1.165) is 59.6 Å². The van der Waals surface area contributed by atoms with Crippen LogP contribution in [0.2, 0.25) is 0 Å². The SMILES string of the molecule is N#CCC1(n2nc(-c3ncnc4[nH]ccc34)c3c2CCC3)CN(C2CCN(C(=O)c3ccnc(C(F)(F)F)c3F)CC2)C1. The Bertz CT molecular complexity index is 1760. The molecule has 0 radical (unpaired) electrons. The van der Waals surface area contributed by atoms with E-state index < -0.39 is 34.7 Å². The summed E-state index contributed by atoms with van der Waals surface area (Å²) in [5.41, 5.74) is 1.86. The predicted molar refractivity (Wildman–Crippen MR) is 145 cm³/mol. The molecule has 4 aromatic rings. The van der Waals surface area contributed by atoms with E-state index >= 15 is 0 Å². The first-order chi connectivity index (χ1) is 20.7. The van der Waals surface area contributed by atoms with Gasteiger partial charge in [0.25, 0.3) is 5.91 Å². The average molecular weight is 594 g/mol. The first kappa shape index (κ1) is 27.5. The highest BCUT2D eigenvalue weighted by Crippen LogP contribution is 2.42. The molecule has 0 atom stereocenters. The van der Waals surface area contributed by atoms with Gasteiger partial charge in [-0.15, -0.1) is 0 Å². The molecule has 0 spiro atoms. The molecular weight excluding hydrogens is 566 g/mol. The monoisotopic (exact) mass is 593 g/mol. The normalized spacial score (nSPS) is 18.9. The van der Waals surface area contributed by atoms with Gasteiger partial charge in [0, 0.05) is 61.3 Å². The number of amides is 1. The van der Waals surface area contributed by atoms with E-state index in [9.17, 15) is 27.6 Å². The van der Waals surface area contributed by atoms with Crippen molar-refractivity contribution < 1.29 is 22.4 Å². The van der Waals surface area contributed by atoms with Crippen LogP contribution < -0.4 is 0 Å². The number of fused-ring (bicyclic) bond motifs is 2. The van der Waals surface area contributed by atoms with E-state index in [1.54, 1.807) is 0 Å². The van der Waals surface area contributed by atoms with E-state index in [-0.39, 0.29) is 19.1 Å². The Morgan fingerprint density at radius 2 is 1.91 bits per heavy atom. The Morgan fingerprint density at radius 3 is 2.65 bits per heavy atom. The minimum atomic E-state index is -4.99. The number of pyridine rings is 1. The van der Waals surface area contributed by atoms with Crippen molar-refractivity contribution in [2.45, 2.75) is 56.3 Å². The van der Waals surface area contributed by atoms with Gasteiger partial charge in [-0.3, -0.25) is 14.4 Å². The molecule has 14 heteroatoms. The first-order valence-electron chi connectivity index (χ1n) is 14.2. The topological polar surface area (TPSA) is 120 Å². The van der Waals surface area contributed by atoms with Crippen molar-refractivity contribution in [2.24, 2.45) is 0 Å². The standard InChI is InChI=1S/C29H27F4N9O/c30-22-19(4-10-35-25(22)29(31,32)33)27(43)40-12-6-17(7-13-40)41-14-28(15-41,8-9-34)42-21-3-1-2-18(21)24(39-42)23-20-5-11-36-26(20)38-16-37-23/h4-5,10-11,16-17H,1-3,6-8,12-15H2,(H,36,37,38). The van der Waals surface area contributed by atoms with Crippen LogP contribution in [0.3, 0.4) is 0 Å². The number of H-pyrrole nitrogens is 1. The third-order valence-corrected chi connectivity index (χ3v) is 9.02. The van der Waals surface area contributed by atoms with Crippen LogP contribution in [0, 0.1) is 17.1 Å². The molecule has 0 saturated carbocycles. The van der Waals surface area contributed by atoms with E-state index in [0.29, 0.717) is 32.4 Å². The van der Waals surface area contributed by atoms with Crippen LogP contribution in [0.5, 0.6) is 0 Å². The summed E-state index contributed by atoms with van der Waals surface area (Å²) in [6.45, 7) is 1.81. The quantitative estimate of drug-likeness (QED) is 0.346. The van der Waals surface area contributed by atoms with Gasteiger partial charge in [0.1, 0.15) is 28.9 Å². The molecular formula is C29H27F4N9O.